The molecule has 7 heteroatoms. The van der Waals surface area contributed by atoms with Crippen LogP contribution in [-0.4, -0.2) is 21.4 Å². The molecule has 4 nitrogen and oxygen atoms in total. The summed E-state index contributed by atoms with van der Waals surface area (Å²) in [4.78, 5) is 0. The zero-order valence-electron chi connectivity index (χ0n) is 12.4. The van der Waals surface area contributed by atoms with Gasteiger partial charge >= 0.3 is 6.18 Å². The standard InChI is InChI=1S/C15H18F3N3O/c1-10-12(8-20-21(10)2)7-19-9-14(22)11-3-5-13(6-4-11)15(16,17)18/h3-6,8,14,19,22H,7,9H2,1-2H3/t14-/m1/s1. The van der Waals surface area contributed by atoms with Crippen LogP contribution in [0.1, 0.15) is 28.5 Å². The van der Waals surface area contributed by atoms with E-state index in [0.717, 1.165) is 23.4 Å². The Bertz CT molecular complexity index is 620. The van der Waals surface area contributed by atoms with Crippen molar-refractivity contribution in [2.24, 2.45) is 7.05 Å². The van der Waals surface area contributed by atoms with Gasteiger partial charge in [-0.15, -0.1) is 0 Å². The molecule has 2 N–H and O–H groups in total. The minimum absolute atomic E-state index is 0.250. The van der Waals surface area contributed by atoms with Gasteiger partial charge in [0.1, 0.15) is 0 Å². The number of benzene rings is 1. The van der Waals surface area contributed by atoms with Gasteiger partial charge in [0, 0.05) is 31.4 Å². The van der Waals surface area contributed by atoms with Crippen LogP contribution in [0.3, 0.4) is 0 Å². The summed E-state index contributed by atoms with van der Waals surface area (Å²) in [5.74, 6) is 0. The maximum Gasteiger partial charge on any atom is 0.416 e. The third-order valence-electron chi connectivity index (χ3n) is 3.61. The lowest BCUT2D eigenvalue weighted by Gasteiger charge is -2.13. The molecule has 1 aromatic heterocycles. The van der Waals surface area contributed by atoms with Crippen LogP contribution in [0.25, 0.3) is 0 Å². The maximum atomic E-state index is 12.5. The van der Waals surface area contributed by atoms with Gasteiger partial charge in [-0.05, 0) is 24.6 Å². The van der Waals surface area contributed by atoms with Gasteiger partial charge in [-0.3, -0.25) is 4.68 Å². The first-order chi connectivity index (χ1) is 10.3. The summed E-state index contributed by atoms with van der Waals surface area (Å²) in [5, 5.41) is 17.2. The molecule has 1 aromatic carbocycles. The summed E-state index contributed by atoms with van der Waals surface area (Å²) >= 11 is 0. The zero-order chi connectivity index (χ0) is 16.3. The third-order valence-corrected chi connectivity index (χ3v) is 3.61. The van der Waals surface area contributed by atoms with Gasteiger partial charge in [0.2, 0.25) is 0 Å². The second-order valence-corrected chi connectivity index (χ2v) is 5.15. The molecule has 1 atom stereocenters. The Hall–Kier alpha value is -1.86. The third kappa shape index (κ3) is 3.86. The Labute approximate surface area is 126 Å². The van der Waals surface area contributed by atoms with Crippen LogP contribution in [0.15, 0.2) is 30.5 Å². The highest BCUT2D eigenvalue weighted by Gasteiger charge is 2.30. The van der Waals surface area contributed by atoms with E-state index >= 15 is 0 Å². The Morgan fingerprint density at radius 3 is 2.41 bits per heavy atom. The average Bonchev–Trinajstić information content (AvgIpc) is 2.78. The first-order valence-electron chi connectivity index (χ1n) is 6.82. The maximum absolute atomic E-state index is 12.5. The van der Waals surface area contributed by atoms with Gasteiger partial charge < -0.3 is 10.4 Å². The van der Waals surface area contributed by atoms with E-state index in [9.17, 15) is 18.3 Å². The SMILES string of the molecule is Cc1c(CNC[C@@H](O)c2ccc(C(F)(F)F)cc2)cnn1C. The summed E-state index contributed by atoms with van der Waals surface area (Å²) in [6.45, 7) is 2.73. The van der Waals surface area contributed by atoms with E-state index < -0.39 is 17.8 Å². The van der Waals surface area contributed by atoms with Crippen molar-refractivity contribution < 1.29 is 18.3 Å². The van der Waals surface area contributed by atoms with Gasteiger partial charge in [0.15, 0.2) is 0 Å². The minimum Gasteiger partial charge on any atom is -0.387 e. The molecule has 2 rings (SSSR count). The van der Waals surface area contributed by atoms with Crippen LogP contribution in [0.4, 0.5) is 13.2 Å². The highest BCUT2D eigenvalue weighted by molar-refractivity contribution is 5.26. The van der Waals surface area contributed by atoms with Gasteiger partial charge in [-0.2, -0.15) is 18.3 Å². The van der Waals surface area contributed by atoms with E-state index in [-0.39, 0.29) is 6.54 Å². The van der Waals surface area contributed by atoms with E-state index in [1.807, 2.05) is 14.0 Å². The van der Waals surface area contributed by atoms with Gasteiger partial charge in [-0.25, -0.2) is 0 Å². The number of nitrogens with zero attached hydrogens (tertiary/aromatic N) is 2. The van der Waals surface area contributed by atoms with Crippen molar-refractivity contribution in [1.29, 1.82) is 0 Å². The summed E-state index contributed by atoms with van der Waals surface area (Å²) in [5.41, 5.74) is 1.77. The monoisotopic (exact) mass is 313 g/mol. The molecule has 120 valence electrons. The number of aromatic nitrogens is 2. The van der Waals surface area contributed by atoms with Crippen LogP contribution >= 0.6 is 0 Å². The average molecular weight is 313 g/mol. The van der Waals surface area contributed by atoms with Crippen LogP contribution in [0.2, 0.25) is 0 Å². The molecular formula is C15H18F3N3O. The fraction of sp³-hybridized carbons (Fsp3) is 0.400. The normalized spacial score (nSPS) is 13.4. The molecule has 2 aromatic rings. The van der Waals surface area contributed by atoms with Crippen molar-refractivity contribution in [3.8, 4) is 0 Å². The number of aliphatic hydroxyl groups excluding tert-OH is 1. The zero-order valence-corrected chi connectivity index (χ0v) is 12.4. The van der Waals surface area contributed by atoms with Crippen LogP contribution in [-0.2, 0) is 19.8 Å². The lowest BCUT2D eigenvalue weighted by atomic mass is 10.1. The van der Waals surface area contributed by atoms with Gasteiger partial charge in [0.25, 0.3) is 0 Å². The molecule has 22 heavy (non-hydrogen) atoms. The molecule has 1 heterocycles. The quantitative estimate of drug-likeness (QED) is 0.892. The van der Waals surface area contributed by atoms with E-state index in [2.05, 4.69) is 10.4 Å². The molecule has 0 fully saturated rings. The van der Waals surface area contributed by atoms with E-state index in [0.29, 0.717) is 12.1 Å². The lowest BCUT2D eigenvalue weighted by Crippen LogP contribution is -2.21. The predicted octanol–water partition coefficient (Wildman–Crippen LogP) is 2.57. The van der Waals surface area contributed by atoms with Crippen molar-refractivity contribution >= 4 is 0 Å². The molecule has 0 aliphatic heterocycles. The number of halogens is 3. The smallest absolute Gasteiger partial charge is 0.387 e. The summed E-state index contributed by atoms with van der Waals surface area (Å²) in [6, 6.07) is 4.54. The van der Waals surface area contributed by atoms with Crippen molar-refractivity contribution in [2.45, 2.75) is 25.7 Å². The topological polar surface area (TPSA) is 50.1 Å². The largest absolute Gasteiger partial charge is 0.416 e. The number of hydrogen-bond donors (Lipinski definition) is 2. The molecule has 0 bridgehead atoms. The van der Waals surface area contributed by atoms with Crippen molar-refractivity contribution in [2.75, 3.05) is 6.54 Å². The van der Waals surface area contributed by atoms with E-state index in [4.69, 9.17) is 0 Å². The summed E-state index contributed by atoms with van der Waals surface area (Å²) in [6.07, 6.45) is -3.48. The fourth-order valence-corrected chi connectivity index (χ4v) is 2.07. The van der Waals surface area contributed by atoms with Gasteiger partial charge in [0.05, 0.1) is 17.9 Å². The fourth-order valence-electron chi connectivity index (χ4n) is 2.07. The second-order valence-electron chi connectivity index (χ2n) is 5.15. The second kappa shape index (κ2) is 6.50. The number of aliphatic hydroxyl groups is 1. The van der Waals surface area contributed by atoms with Gasteiger partial charge in [-0.1, -0.05) is 12.1 Å². The van der Waals surface area contributed by atoms with Crippen LogP contribution < -0.4 is 5.32 Å². The number of hydrogen-bond acceptors (Lipinski definition) is 3. The van der Waals surface area contributed by atoms with E-state index in [1.54, 1.807) is 10.9 Å². The Morgan fingerprint density at radius 1 is 1.27 bits per heavy atom. The molecule has 0 saturated carbocycles. The minimum atomic E-state index is -4.36. The first-order valence-corrected chi connectivity index (χ1v) is 6.82. The Kier molecular flexibility index (Phi) is 4.87. The summed E-state index contributed by atoms with van der Waals surface area (Å²) < 4.78 is 39.2. The molecule has 0 radical (unpaired) electrons. The van der Waals surface area contributed by atoms with E-state index in [1.165, 1.54) is 12.1 Å². The molecular weight excluding hydrogens is 295 g/mol. The first kappa shape index (κ1) is 16.5. The molecule has 0 spiro atoms. The molecule has 0 saturated heterocycles. The highest BCUT2D eigenvalue weighted by Crippen LogP contribution is 2.29. The Morgan fingerprint density at radius 2 is 1.91 bits per heavy atom. The Balaban J connectivity index is 1.89. The number of alkyl halides is 3. The predicted molar refractivity (Wildman–Crippen MR) is 76.1 cm³/mol. The molecule has 0 aliphatic rings. The number of nitrogens with one attached hydrogen (secondary N) is 1. The number of rotatable bonds is 5. The summed E-state index contributed by atoms with van der Waals surface area (Å²) in [7, 11) is 1.84. The number of aryl methyl sites for hydroxylation is 1. The van der Waals surface area contributed by atoms with Crippen LogP contribution in [0, 0.1) is 6.92 Å². The van der Waals surface area contributed by atoms with Crippen molar-refractivity contribution in [3.63, 3.8) is 0 Å². The molecule has 0 unspecified atom stereocenters. The molecule has 0 amide bonds. The van der Waals surface area contributed by atoms with Crippen molar-refractivity contribution in [3.05, 3.63) is 52.8 Å². The lowest BCUT2D eigenvalue weighted by molar-refractivity contribution is -0.137. The van der Waals surface area contributed by atoms with Crippen LogP contribution in [0.5, 0.6) is 0 Å². The van der Waals surface area contributed by atoms with Crippen molar-refractivity contribution in [1.82, 2.24) is 15.1 Å². The highest BCUT2D eigenvalue weighted by atomic mass is 19.4. The molecule has 0 aliphatic carbocycles.